The van der Waals surface area contributed by atoms with Crippen molar-refractivity contribution >= 4 is 33.0 Å². The van der Waals surface area contributed by atoms with Gasteiger partial charge in [-0.05, 0) is 34.1 Å². The first-order chi connectivity index (χ1) is 9.65. The smallest absolute Gasteiger partial charge is 0.269 e. The van der Waals surface area contributed by atoms with Crippen molar-refractivity contribution in [3.63, 3.8) is 0 Å². The molecule has 0 aliphatic carbocycles. The average molecular weight is 357 g/mol. The maximum absolute atomic E-state index is 10.5. The van der Waals surface area contributed by atoms with Gasteiger partial charge in [0.25, 0.3) is 5.69 Å². The largest absolute Gasteiger partial charge is 0.492 e. The maximum atomic E-state index is 10.5. The fourth-order valence-electron chi connectivity index (χ4n) is 1.56. The Morgan fingerprint density at radius 2 is 2.10 bits per heavy atom. The van der Waals surface area contributed by atoms with Crippen LogP contribution >= 0.6 is 27.3 Å². The molecule has 0 atom stereocenters. The van der Waals surface area contributed by atoms with Crippen LogP contribution in [0.5, 0.6) is 5.75 Å². The van der Waals surface area contributed by atoms with E-state index in [0.717, 1.165) is 11.0 Å². The molecule has 0 saturated carbocycles. The Morgan fingerprint density at radius 3 is 2.70 bits per heavy atom. The molecule has 1 N–H and O–H groups in total. The molecule has 2 rings (SSSR count). The molecule has 7 heteroatoms. The van der Waals surface area contributed by atoms with Crippen LogP contribution in [0.1, 0.15) is 4.88 Å². The highest BCUT2D eigenvalue weighted by atomic mass is 79.9. The molecule has 0 fully saturated rings. The van der Waals surface area contributed by atoms with Gasteiger partial charge in [0.05, 0.1) is 4.92 Å². The third kappa shape index (κ3) is 4.59. The minimum Gasteiger partial charge on any atom is -0.492 e. The predicted octanol–water partition coefficient (Wildman–Crippen LogP) is 3.59. The number of rotatable bonds is 7. The SMILES string of the molecule is O=[N+]([O-])c1ccc(OCCNCc2cc(Br)cs2)cc1. The van der Waals surface area contributed by atoms with Gasteiger partial charge in [-0.3, -0.25) is 10.1 Å². The second-order valence-electron chi connectivity index (χ2n) is 4.01. The van der Waals surface area contributed by atoms with E-state index in [0.29, 0.717) is 18.9 Å². The lowest BCUT2D eigenvalue weighted by atomic mass is 10.3. The lowest BCUT2D eigenvalue weighted by Gasteiger charge is -2.06. The zero-order valence-corrected chi connectivity index (χ0v) is 12.9. The standard InChI is InChI=1S/C13H13BrN2O3S/c14-10-7-13(20-9-10)8-15-5-6-19-12-3-1-11(2-4-12)16(17)18/h1-4,7,9,15H,5-6,8H2. The second-order valence-corrected chi connectivity index (χ2v) is 5.92. The third-order valence-corrected chi connectivity index (χ3v) is 4.21. The quantitative estimate of drug-likeness (QED) is 0.467. The van der Waals surface area contributed by atoms with E-state index in [-0.39, 0.29) is 5.69 Å². The molecular weight excluding hydrogens is 344 g/mol. The van der Waals surface area contributed by atoms with E-state index < -0.39 is 4.92 Å². The van der Waals surface area contributed by atoms with E-state index in [1.54, 1.807) is 23.5 Å². The van der Waals surface area contributed by atoms with Crippen LogP contribution in [-0.4, -0.2) is 18.1 Å². The van der Waals surface area contributed by atoms with Gasteiger partial charge in [0.1, 0.15) is 12.4 Å². The molecule has 0 bridgehead atoms. The van der Waals surface area contributed by atoms with Crippen LogP contribution in [0.3, 0.4) is 0 Å². The fraction of sp³-hybridized carbons (Fsp3) is 0.231. The summed E-state index contributed by atoms with van der Waals surface area (Å²) in [5.74, 6) is 0.635. The summed E-state index contributed by atoms with van der Waals surface area (Å²) in [6.45, 7) is 2.04. The lowest BCUT2D eigenvalue weighted by molar-refractivity contribution is -0.384. The molecule has 0 amide bonds. The van der Waals surface area contributed by atoms with Gasteiger partial charge in [0.15, 0.2) is 0 Å². The third-order valence-electron chi connectivity index (χ3n) is 2.52. The number of hydrogen-bond donors (Lipinski definition) is 1. The number of thiophene rings is 1. The molecule has 0 aliphatic heterocycles. The first-order valence-corrected chi connectivity index (χ1v) is 7.63. The molecule has 0 saturated heterocycles. The Hall–Kier alpha value is -1.44. The van der Waals surface area contributed by atoms with Crippen LogP contribution in [0, 0.1) is 10.1 Å². The number of halogens is 1. The van der Waals surface area contributed by atoms with Crippen molar-refractivity contribution in [1.29, 1.82) is 0 Å². The molecule has 2 aromatic rings. The van der Waals surface area contributed by atoms with Crippen LogP contribution in [0.25, 0.3) is 0 Å². The van der Waals surface area contributed by atoms with Crippen molar-refractivity contribution in [2.24, 2.45) is 0 Å². The van der Waals surface area contributed by atoms with Gasteiger partial charge in [-0.1, -0.05) is 0 Å². The number of nitro benzene ring substituents is 1. The van der Waals surface area contributed by atoms with Crippen molar-refractivity contribution < 1.29 is 9.66 Å². The van der Waals surface area contributed by atoms with Crippen molar-refractivity contribution in [3.8, 4) is 5.75 Å². The maximum Gasteiger partial charge on any atom is 0.269 e. The van der Waals surface area contributed by atoms with E-state index >= 15 is 0 Å². The Bertz CT molecular complexity index is 571. The average Bonchev–Trinajstić information content (AvgIpc) is 2.84. The van der Waals surface area contributed by atoms with Gasteiger partial charge in [-0.25, -0.2) is 0 Å². The van der Waals surface area contributed by atoms with E-state index in [9.17, 15) is 10.1 Å². The number of nitrogens with zero attached hydrogens (tertiary/aromatic N) is 1. The summed E-state index contributed by atoms with van der Waals surface area (Å²) in [5, 5.41) is 15.8. The first-order valence-electron chi connectivity index (χ1n) is 5.96. The molecular formula is C13H13BrN2O3S. The Labute approximate surface area is 128 Å². The highest BCUT2D eigenvalue weighted by molar-refractivity contribution is 9.10. The second kappa shape index (κ2) is 7.37. The van der Waals surface area contributed by atoms with E-state index in [2.05, 4.69) is 27.3 Å². The number of nitro groups is 1. The van der Waals surface area contributed by atoms with Crippen molar-refractivity contribution in [3.05, 3.63) is 55.2 Å². The Balaban J connectivity index is 1.66. The molecule has 0 radical (unpaired) electrons. The van der Waals surface area contributed by atoms with Gasteiger partial charge in [-0.15, -0.1) is 11.3 Å². The monoisotopic (exact) mass is 356 g/mol. The van der Waals surface area contributed by atoms with Gasteiger partial charge in [0, 0.05) is 40.0 Å². The molecule has 1 aromatic heterocycles. The number of ether oxygens (including phenoxy) is 1. The van der Waals surface area contributed by atoms with Gasteiger partial charge < -0.3 is 10.1 Å². The van der Waals surface area contributed by atoms with Crippen LogP contribution in [0.2, 0.25) is 0 Å². The van der Waals surface area contributed by atoms with Crippen molar-refractivity contribution in [2.45, 2.75) is 6.54 Å². The minimum atomic E-state index is -0.426. The minimum absolute atomic E-state index is 0.0683. The number of hydrogen-bond acceptors (Lipinski definition) is 5. The predicted molar refractivity (Wildman–Crippen MR) is 82.3 cm³/mol. The molecule has 106 valence electrons. The van der Waals surface area contributed by atoms with Gasteiger partial charge in [0.2, 0.25) is 0 Å². The summed E-state index contributed by atoms with van der Waals surface area (Å²) >= 11 is 5.11. The summed E-state index contributed by atoms with van der Waals surface area (Å²) in [6, 6.07) is 8.16. The van der Waals surface area contributed by atoms with Crippen LogP contribution in [-0.2, 0) is 6.54 Å². The Kier molecular flexibility index (Phi) is 5.51. The molecule has 20 heavy (non-hydrogen) atoms. The molecule has 5 nitrogen and oxygen atoms in total. The summed E-state index contributed by atoms with van der Waals surface area (Å²) in [5.41, 5.74) is 0.0683. The van der Waals surface area contributed by atoms with E-state index in [4.69, 9.17) is 4.74 Å². The topological polar surface area (TPSA) is 64.4 Å². The van der Waals surface area contributed by atoms with Crippen LogP contribution in [0.15, 0.2) is 40.2 Å². The highest BCUT2D eigenvalue weighted by Crippen LogP contribution is 2.19. The number of benzene rings is 1. The van der Waals surface area contributed by atoms with Gasteiger partial charge in [-0.2, -0.15) is 0 Å². The van der Waals surface area contributed by atoms with Gasteiger partial charge >= 0.3 is 0 Å². The first kappa shape index (κ1) is 15.0. The van der Waals surface area contributed by atoms with Crippen LogP contribution in [0.4, 0.5) is 5.69 Å². The summed E-state index contributed by atoms with van der Waals surface area (Å²) in [6.07, 6.45) is 0. The molecule has 1 aromatic carbocycles. The normalized spacial score (nSPS) is 10.4. The highest BCUT2D eigenvalue weighted by Gasteiger charge is 2.04. The number of nitrogens with one attached hydrogen (secondary N) is 1. The summed E-state index contributed by atoms with van der Waals surface area (Å²) < 4.78 is 6.59. The molecule has 0 spiro atoms. The molecule has 1 heterocycles. The van der Waals surface area contributed by atoms with E-state index in [1.165, 1.54) is 17.0 Å². The summed E-state index contributed by atoms with van der Waals surface area (Å²) in [4.78, 5) is 11.3. The molecule has 0 aliphatic rings. The van der Waals surface area contributed by atoms with Crippen molar-refractivity contribution in [2.75, 3.05) is 13.2 Å². The fourth-order valence-corrected chi connectivity index (χ4v) is 2.98. The summed E-state index contributed by atoms with van der Waals surface area (Å²) in [7, 11) is 0. The molecule has 0 unspecified atom stereocenters. The zero-order chi connectivity index (χ0) is 14.4. The Morgan fingerprint density at radius 1 is 1.35 bits per heavy atom. The van der Waals surface area contributed by atoms with Crippen molar-refractivity contribution in [1.82, 2.24) is 5.32 Å². The zero-order valence-electron chi connectivity index (χ0n) is 10.5. The van der Waals surface area contributed by atoms with Crippen LogP contribution < -0.4 is 10.1 Å². The van der Waals surface area contributed by atoms with E-state index in [1.807, 2.05) is 5.38 Å². The lowest BCUT2D eigenvalue weighted by Crippen LogP contribution is -2.20. The number of non-ortho nitro benzene ring substituents is 1.